The summed E-state index contributed by atoms with van der Waals surface area (Å²) in [5.74, 6) is -2.21. The lowest BCUT2D eigenvalue weighted by Gasteiger charge is -2.31. The Morgan fingerprint density at radius 3 is 2.43 bits per heavy atom. The number of pyridine rings is 2. The molecule has 47 heavy (non-hydrogen) atoms. The van der Waals surface area contributed by atoms with Gasteiger partial charge in [-0.05, 0) is 74.4 Å². The van der Waals surface area contributed by atoms with Crippen molar-refractivity contribution in [2.45, 2.75) is 43.1 Å². The molecule has 2 atom stereocenters. The summed E-state index contributed by atoms with van der Waals surface area (Å²) in [6, 6.07) is 12.7. The molecule has 2 aromatic carbocycles. The Bertz CT molecular complexity index is 1920. The molecule has 5 N–H and O–H groups in total. The molecule has 14 heteroatoms. The zero-order valence-corrected chi connectivity index (χ0v) is 24.8. The number of carbonyl (C=O) groups is 2. The molecule has 6 rings (SSSR count). The van der Waals surface area contributed by atoms with Crippen LogP contribution in [0.25, 0.3) is 22.4 Å². The van der Waals surface area contributed by atoms with E-state index in [4.69, 9.17) is 15.2 Å². The number of rotatable bonds is 9. The molecule has 2 amide bonds. The van der Waals surface area contributed by atoms with Crippen molar-refractivity contribution in [1.29, 1.82) is 0 Å². The minimum absolute atomic E-state index is 0.0407. The fraction of sp³-hybridized carbons (Fsp3) is 0.273. The number of nitrogens with zero attached hydrogens (tertiary/aromatic N) is 1. The number of aromatic nitrogens is 2. The topological polar surface area (TPSA) is 157 Å². The number of primary amides is 1. The zero-order valence-electron chi connectivity index (χ0n) is 24.8. The number of fused-ring (bicyclic) bond motifs is 1. The highest BCUT2D eigenvalue weighted by Crippen LogP contribution is 2.47. The summed E-state index contributed by atoms with van der Waals surface area (Å²) in [7, 11) is 0. The molecule has 10 nitrogen and oxygen atoms in total. The Hall–Kier alpha value is -5.24. The number of aromatic amines is 1. The average molecular weight is 653 g/mol. The van der Waals surface area contributed by atoms with Gasteiger partial charge in [-0.2, -0.15) is 13.2 Å². The number of H-pyrrole nitrogens is 1. The third kappa shape index (κ3) is 5.91. The van der Waals surface area contributed by atoms with E-state index in [9.17, 15) is 37.1 Å². The second kappa shape index (κ2) is 11.5. The second-order valence-corrected chi connectivity index (χ2v) is 11.7. The van der Waals surface area contributed by atoms with Gasteiger partial charge in [-0.15, -0.1) is 0 Å². The van der Waals surface area contributed by atoms with Gasteiger partial charge >= 0.3 is 6.18 Å². The Morgan fingerprint density at radius 2 is 1.81 bits per heavy atom. The Labute approximate surface area is 264 Å². The summed E-state index contributed by atoms with van der Waals surface area (Å²) in [4.78, 5) is 43.9. The van der Waals surface area contributed by atoms with Crippen LogP contribution in [0.1, 0.15) is 41.4 Å². The van der Waals surface area contributed by atoms with Crippen molar-refractivity contribution in [2.24, 2.45) is 5.73 Å². The molecule has 4 aromatic rings. The maximum absolute atomic E-state index is 14.8. The lowest BCUT2D eigenvalue weighted by Crippen LogP contribution is -2.51. The summed E-state index contributed by atoms with van der Waals surface area (Å²) in [6.07, 6.45) is -2.43. The Morgan fingerprint density at radius 1 is 1.11 bits per heavy atom. The maximum atomic E-state index is 14.8. The van der Waals surface area contributed by atoms with Gasteiger partial charge in [0.2, 0.25) is 17.1 Å². The number of nitrogens with one attached hydrogen (secondary N) is 2. The number of aliphatic hydroxyl groups is 1. The van der Waals surface area contributed by atoms with Gasteiger partial charge in [-0.25, -0.2) is 9.37 Å². The third-order valence-electron chi connectivity index (χ3n) is 8.29. The minimum Gasteiger partial charge on any atom is -0.490 e. The van der Waals surface area contributed by atoms with Crippen molar-refractivity contribution in [3.8, 4) is 33.9 Å². The highest BCUT2D eigenvalue weighted by Gasteiger charge is 2.57. The Kier molecular flexibility index (Phi) is 7.78. The summed E-state index contributed by atoms with van der Waals surface area (Å²) in [5.41, 5.74) is 0.0138. The van der Waals surface area contributed by atoms with Crippen molar-refractivity contribution in [3.63, 3.8) is 0 Å². The van der Waals surface area contributed by atoms with E-state index in [1.165, 1.54) is 49.5 Å². The predicted molar refractivity (Wildman–Crippen MR) is 160 cm³/mol. The lowest BCUT2D eigenvalue weighted by molar-refractivity contribution is -0.265. The van der Waals surface area contributed by atoms with E-state index in [1.807, 2.05) is 0 Å². The second-order valence-electron chi connectivity index (χ2n) is 11.7. The van der Waals surface area contributed by atoms with E-state index in [2.05, 4.69) is 15.3 Å². The van der Waals surface area contributed by atoms with Crippen molar-refractivity contribution < 1.29 is 41.7 Å². The van der Waals surface area contributed by atoms with Gasteiger partial charge < -0.3 is 30.6 Å². The van der Waals surface area contributed by atoms with E-state index in [0.717, 1.165) is 31.0 Å². The van der Waals surface area contributed by atoms with Crippen LogP contribution in [0.5, 0.6) is 11.5 Å². The molecule has 0 saturated heterocycles. The third-order valence-corrected chi connectivity index (χ3v) is 8.29. The SMILES string of the molecule is C[C@]1(C(N)=O)COc2c1cc([C@@](O)(CNC(=O)c1ccc(-c3ccc(=O)[nH]c3)c(OC3CC3)c1)C(F)(F)F)nc2-c1ccc(F)cc1. The van der Waals surface area contributed by atoms with Crippen LogP contribution in [0.3, 0.4) is 0 Å². The smallest absolute Gasteiger partial charge is 0.424 e. The van der Waals surface area contributed by atoms with Gasteiger partial charge in [-0.3, -0.25) is 14.4 Å². The van der Waals surface area contributed by atoms with E-state index in [1.54, 1.807) is 6.07 Å². The Balaban J connectivity index is 1.36. The van der Waals surface area contributed by atoms with Gasteiger partial charge in [0.1, 0.15) is 35.0 Å². The number of benzene rings is 2. The highest BCUT2D eigenvalue weighted by molar-refractivity contribution is 5.95. The summed E-state index contributed by atoms with van der Waals surface area (Å²) >= 11 is 0. The van der Waals surface area contributed by atoms with Crippen LogP contribution in [0.2, 0.25) is 0 Å². The summed E-state index contributed by atoms with van der Waals surface area (Å²) in [6.45, 7) is -0.289. The van der Waals surface area contributed by atoms with E-state index < -0.39 is 47.1 Å². The first kappa shape index (κ1) is 31.7. The van der Waals surface area contributed by atoms with Crippen LogP contribution >= 0.6 is 0 Å². The first-order valence-corrected chi connectivity index (χ1v) is 14.5. The van der Waals surface area contributed by atoms with Crippen molar-refractivity contribution in [2.75, 3.05) is 13.2 Å². The number of alkyl halides is 3. The first-order chi connectivity index (χ1) is 22.2. The van der Waals surface area contributed by atoms with Gasteiger partial charge in [0.15, 0.2) is 0 Å². The molecule has 1 saturated carbocycles. The number of hydrogen-bond donors (Lipinski definition) is 4. The van der Waals surface area contributed by atoms with Crippen LogP contribution in [0.4, 0.5) is 17.6 Å². The number of ether oxygens (including phenoxy) is 2. The number of carbonyl (C=O) groups excluding carboxylic acids is 2. The predicted octanol–water partition coefficient (Wildman–Crippen LogP) is 4.10. The summed E-state index contributed by atoms with van der Waals surface area (Å²) < 4.78 is 69.6. The number of amides is 2. The normalized spacial score (nSPS) is 18.5. The van der Waals surface area contributed by atoms with Crippen LogP contribution < -0.4 is 26.1 Å². The van der Waals surface area contributed by atoms with Crippen molar-refractivity contribution in [1.82, 2.24) is 15.3 Å². The number of hydrogen-bond acceptors (Lipinski definition) is 7. The molecule has 2 aromatic heterocycles. The van der Waals surface area contributed by atoms with Gasteiger partial charge in [-0.1, -0.05) is 0 Å². The van der Waals surface area contributed by atoms with E-state index >= 15 is 0 Å². The lowest BCUT2D eigenvalue weighted by atomic mass is 9.81. The molecule has 0 spiro atoms. The fourth-order valence-corrected chi connectivity index (χ4v) is 5.19. The van der Waals surface area contributed by atoms with Crippen molar-refractivity contribution >= 4 is 11.8 Å². The highest BCUT2D eigenvalue weighted by atomic mass is 19.4. The van der Waals surface area contributed by atoms with Gasteiger partial charge in [0, 0.05) is 40.1 Å². The van der Waals surface area contributed by atoms with E-state index in [-0.39, 0.29) is 52.2 Å². The molecule has 0 bridgehead atoms. The minimum atomic E-state index is -5.38. The van der Waals surface area contributed by atoms with Crippen LogP contribution in [0, 0.1) is 5.82 Å². The largest absolute Gasteiger partial charge is 0.490 e. The standard InChI is InChI=1S/C33H28F4N4O6/c1-31(30(38)44)16-46-28-23(31)13-25(41-27(28)17-2-6-20(34)7-3-17)32(45,33(35,36)37)15-40-29(43)18-4-10-22(19-5-11-26(42)39-14-19)24(12-18)47-21-8-9-21/h2-7,10-14,21,45H,8-9,15-16H2,1H3,(H2,38,44)(H,39,42)(H,40,43)/t31-,32-/m0/s1. The monoisotopic (exact) mass is 652 g/mol. The van der Waals surface area contributed by atoms with Crippen molar-refractivity contribution in [3.05, 3.63) is 99.9 Å². The molecule has 3 heterocycles. The molecule has 0 unspecified atom stereocenters. The van der Waals surface area contributed by atoms with E-state index in [0.29, 0.717) is 11.1 Å². The van der Waals surface area contributed by atoms with Gasteiger partial charge in [0.05, 0.1) is 18.3 Å². The molecule has 0 radical (unpaired) electrons. The zero-order chi connectivity index (χ0) is 33.7. The quantitative estimate of drug-likeness (QED) is 0.198. The van der Waals surface area contributed by atoms with Crippen LogP contribution in [0.15, 0.2) is 71.7 Å². The molecule has 1 aliphatic carbocycles. The maximum Gasteiger partial charge on any atom is 0.424 e. The number of halogens is 4. The molecular weight excluding hydrogens is 624 g/mol. The van der Waals surface area contributed by atoms with Crippen LogP contribution in [-0.2, 0) is 15.8 Å². The van der Waals surface area contributed by atoms with Crippen LogP contribution in [-0.4, -0.2) is 52.3 Å². The summed E-state index contributed by atoms with van der Waals surface area (Å²) in [5, 5.41) is 13.5. The first-order valence-electron chi connectivity index (χ1n) is 14.5. The van der Waals surface area contributed by atoms with Gasteiger partial charge in [0.25, 0.3) is 5.91 Å². The molecule has 1 aliphatic heterocycles. The molecule has 1 fully saturated rings. The average Bonchev–Trinajstić information content (AvgIpc) is 3.79. The fourth-order valence-electron chi connectivity index (χ4n) is 5.19. The number of nitrogens with two attached hydrogens (primary N) is 1. The molecule has 2 aliphatic rings. The molecular formula is C33H28F4N4O6. The molecule has 244 valence electrons.